The fourth-order valence-electron chi connectivity index (χ4n) is 3.21. The van der Waals surface area contributed by atoms with E-state index >= 15 is 0 Å². The maximum Gasteiger partial charge on any atom is 0.336 e. The highest BCUT2D eigenvalue weighted by molar-refractivity contribution is 5.92. The van der Waals surface area contributed by atoms with Gasteiger partial charge in [-0.15, -0.1) is 0 Å². The number of aromatic carboxylic acids is 1. The quantitative estimate of drug-likeness (QED) is 0.851. The molecule has 1 saturated heterocycles. The summed E-state index contributed by atoms with van der Waals surface area (Å²) in [7, 11) is 0. The Morgan fingerprint density at radius 3 is 2.58 bits per heavy atom. The summed E-state index contributed by atoms with van der Waals surface area (Å²) < 4.78 is 0. The van der Waals surface area contributed by atoms with Crippen LogP contribution in [0, 0.1) is 13.8 Å². The number of nitrogens with zero attached hydrogens (tertiary/aromatic N) is 2. The first kappa shape index (κ1) is 16.2. The molecule has 2 aromatic rings. The molecule has 24 heavy (non-hydrogen) atoms. The van der Waals surface area contributed by atoms with Gasteiger partial charge in [0, 0.05) is 25.0 Å². The first-order chi connectivity index (χ1) is 11.6. The number of anilines is 1. The third kappa shape index (κ3) is 3.32. The van der Waals surface area contributed by atoms with Crippen LogP contribution in [-0.4, -0.2) is 30.4 Å². The molecule has 0 aromatic heterocycles. The summed E-state index contributed by atoms with van der Waals surface area (Å²) in [5, 5.41) is 9.19. The molecule has 0 bridgehead atoms. The lowest BCUT2D eigenvalue weighted by Crippen LogP contribution is -2.18. The van der Waals surface area contributed by atoms with E-state index in [9.17, 15) is 9.90 Å². The average Bonchev–Trinajstić information content (AvgIpc) is 3.08. The van der Waals surface area contributed by atoms with Gasteiger partial charge in [-0.1, -0.05) is 12.1 Å². The van der Waals surface area contributed by atoms with Crippen LogP contribution in [0.1, 0.15) is 39.9 Å². The number of carboxylic acids is 1. The highest BCUT2D eigenvalue weighted by Gasteiger charge is 2.14. The Morgan fingerprint density at radius 1 is 1.17 bits per heavy atom. The Morgan fingerprint density at radius 2 is 1.92 bits per heavy atom. The normalized spacial score (nSPS) is 14.5. The van der Waals surface area contributed by atoms with Gasteiger partial charge in [-0.3, -0.25) is 4.99 Å². The standard InChI is InChI=1S/C20H22N2O2/c1-14-12-16(8-9-19(14)22-10-3-4-11-22)13-21-18-7-5-6-17(15(18)2)20(23)24/h5-9,12-13H,3-4,10-11H2,1-2H3,(H,23,24). The first-order valence-corrected chi connectivity index (χ1v) is 8.29. The first-order valence-electron chi connectivity index (χ1n) is 8.29. The molecule has 4 nitrogen and oxygen atoms in total. The zero-order valence-electron chi connectivity index (χ0n) is 14.1. The lowest BCUT2D eigenvalue weighted by molar-refractivity contribution is 0.0696. The molecule has 1 aliphatic rings. The number of carbonyl (C=O) groups is 1. The Bertz CT molecular complexity index is 790. The van der Waals surface area contributed by atoms with E-state index in [0.29, 0.717) is 16.8 Å². The molecule has 0 spiro atoms. The molecule has 1 fully saturated rings. The van der Waals surface area contributed by atoms with Gasteiger partial charge < -0.3 is 10.0 Å². The molecule has 1 N–H and O–H groups in total. The number of hydrogen-bond acceptors (Lipinski definition) is 3. The third-order valence-electron chi connectivity index (χ3n) is 4.56. The Hall–Kier alpha value is -2.62. The number of aryl methyl sites for hydroxylation is 1. The second-order valence-electron chi connectivity index (χ2n) is 6.25. The van der Waals surface area contributed by atoms with E-state index in [1.807, 2.05) is 6.07 Å². The van der Waals surface area contributed by atoms with E-state index in [2.05, 4.69) is 35.0 Å². The van der Waals surface area contributed by atoms with Crippen molar-refractivity contribution in [2.75, 3.05) is 18.0 Å². The average molecular weight is 322 g/mol. The van der Waals surface area contributed by atoms with Crippen molar-refractivity contribution in [3.63, 3.8) is 0 Å². The van der Waals surface area contributed by atoms with Crippen molar-refractivity contribution in [3.8, 4) is 0 Å². The Kier molecular flexibility index (Phi) is 4.65. The van der Waals surface area contributed by atoms with Gasteiger partial charge in [-0.05, 0) is 67.6 Å². The molecular formula is C20H22N2O2. The molecule has 3 rings (SSSR count). The molecular weight excluding hydrogens is 300 g/mol. The van der Waals surface area contributed by atoms with Gasteiger partial charge in [0.1, 0.15) is 0 Å². The van der Waals surface area contributed by atoms with Crippen molar-refractivity contribution in [2.45, 2.75) is 26.7 Å². The molecule has 0 unspecified atom stereocenters. The van der Waals surface area contributed by atoms with Crippen molar-refractivity contribution in [3.05, 3.63) is 58.7 Å². The van der Waals surface area contributed by atoms with E-state index in [0.717, 1.165) is 18.7 Å². The highest BCUT2D eigenvalue weighted by Crippen LogP contribution is 2.25. The second-order valence-corrected chi connectivity index (χ2v) is 6.25. The van der Waals surface area contributed by atoms with Crippen LogP contribution >= 0.6 is 0 Å². The van der Waals surface area contributed by atoms with Gasteiger partial charge in [-0.2, -0.15) is 0 Å². The monoisotopic (exact) mass is 322 g/mol. The zero-order valence-corrected chi connectivity index (χ0v) is 14.1. The third-order valence-corrected chi connectivity index (χ3v) is 4.56. The fourth-order valence-corrected chi connectivity index (χ4v) is 3.21. The topological polar surface area (TPSA) is 52.9 Å². The molecule has 0 radical (unpaired) electrons. The van der Waals surface area contributed by atoms with Crippen molar-refractivity contribution < 1.29 is 9.90 Å². The minimum atomic E-state index is -0.921. The van der Waals surface area contributed by atoms with Gasteiger partial charge in [0.2, 0.25) is 0 Å². The number of aliphatic imine (C=N–C) groups is 1. The van der Waals surface area contributed by atoms with Crippen LogP contribution in [0.15, 0.2) is 41.4 Å². The molecule has 4 heteroatoms. The zero-order chi connectivity index (χ0) is 17.1. The minimum Gasteiger partial charge on any atom is -0.478 e. The summed E-state index contributed by atoms with van der Waals surface area (Å²) >= 11 is 0. The molecule has 1 aliphatic heterocycles. The van der Waals surface area contributed by atoms with Gasteiger partial charge in [0.05, 0.1) is 11.3 Å². The van der Waals surface area contributed by atoms with Gasteiger partial charge in [0.15, 0.2) is 0 Å². The summed E-state index contributed by atoms with van der Waals surface area (Å²) in [5.41, 5.74) is 5.24. The maximum atomic E-state index is 11.2. The number of carboxylic acid groups (broad SMARTS) is 1. The highest BCUT2D eigenvalue weighted by atomic mass is 16.4. The van der Waals surface area contributed by atoms with E-state index < -0.39 is 5.97 Å². The van der Waals surface area contributed by atoms with Crippen LogP contribution in [0.4, 0.5) is 11.4 Å². The summed E-state index contributed by atoms with van der Waals surface area (Å²) in [6.45, 7) is 6.18. The van der Waals surface area contributed by atoms with Gasteiger partial charge in [-0.25, -0.2) is 4.79 Å². The second kappa shape index (κ2) is 6.87. The predicted molar refractivity (Wildman–Crippen MR) is 98.0 cm³/mol. The largest absolute Gasteiger partial charge is 0.478 e. The van der Waals surface area contributed by atoms with E-state index in [1.165, 1.54) is 24.1 Å². The smallest absolute Gasteiger partial charge is 0.336 e. The molecule has 0 aliphatic carbocycles. The summed E-state index contributed by atoms with van der Waals surface area (Å²) in [5.74, 6) is -0.921. The lowest BCUT2D eigenvalue weighted by atomic mass is 10.1. The van der Waals surface area contributed by atoms with Crippen molar-refractivity contribution in [2.24, 2.45) is 4.99 Å². The Labute approximate surface area is 142 Å². The summed E-state index contributed by atoms with van der Waals surface area (Å²) in [4.78, 5) is 18.1. The van der Waals surface area contributed by atoms with Gasteiger partial charge >= 0.3 is 5.97 Å². The van der Waals surface area contributed by atoms with E-state index in [1.54, 1.807) is 25.3 Å². The lowest BCUT2D eigenvalue weighted by Gasteiger charge is -2.20. The maximum absolute atomic E-state index is 11.2. The molecule has 0 atom stereocenters. The SMILES string of the molecule is Cc1cc(C=Nc2cccc(C(=O)O)c2C)ccc1N1CCCC1. The van der Waals surface area contributed by atoms with Crippen LogP contribution < -0.4 is 4.90 Å². The van der Waals surface area contributed by atoms with Gasteiger partial charge in [0.25, 0.3) is 0 Å². The van der Waals surface area contributed by atoms with Crippen LogP contribution in [0.25, 0.3) is 0 Å². The minimum absolute atomic E-state index is 0.296. The summed E-state index contributed by atoms with van der Waals surface area (Å²) in [6.07, 6.45) is 4.33. The molecule has 124 valence electrons. The van der Waals surface area contributed by atoms with Crippen molar-refractivity contribution in [1.82, 2.24) is 0 Å². The van der Waals surface area contributed by atoms with E-state index in [-0.39, 0.29) is 0 Å². The number of hydrogen-bond donors (Lipinski definition) is 1. The van der Waals surface area contributed by atoms with Crippen LogP contribution in [0.5, 0.6) is 0 Å². The summed E-state index contributed by atoms with van der Waals surface area (Å²) in [6, 6.07) is 11.5. The van der Waals surface area contributed by atoms with Crippen LogP contribution in [0.3, 0.4) is 0 Å². The molecule has 2 aromatic carbocycles. The molecule has 0 saturated carbocycles. The number of rotatable bonds is 4. The van der Waals surface area contributed by atoms with E-state index in [4.69, 9.17) is 0 Å². The Balaban J connectivity index is 1.83. The number of benzene rings is 2. The molecule has 1 heterocycles. The fraction of sp³-hybridized carbons (Fsp3) is 0.300. The van der Waals surface area contributed by atoms with Crippen molar-refractivity contribution in [1.29, 1.82) is 0 Å². The molecule has 0 amide bonds. The van der Waals surface area contributed by atoms with Crippen LogP contribution in [-0.2, 0) is 0 Å². The predicted octanol–water partition coefficient (Wildman–Crippen LogP) is 4.35. The van der Waals surface area contributed by atoms with Crippen molar-refractivity contribution >= 4 is 23.6 Å². The van der Waals surface area contributed by atoms with Crippen LogP contribution in [0.2, 0.25) is 0 Å².